The average Bonchev–Trinajstić information content (AvgIpc) is 3.43. The summed E-state index contributed by atoms with van der Waals surface area (Å²) in [6.45, 7) is 0.320. The highest BCUT2D eigenvalue weighted by Gasteiger charge is 2.43. The second-order valence-electron chi connectivity index (χ2n) is 8.30. The monoisotopic (exact) mass is 505 g/mol. The fourth-order valence-electron chi connectivity index (χ4n) is 4.63. The Bertz CT molecular complexity index is 1410. The van der Waals surface area contributed by atoms with E-state index in [1.165, 1.54) is 7.11 Å². The minimum atomic E-state index is -0.551. The van der Waals surface area contributed by atoms with E-state index in [1.54, 1.807) is 49.5 Å². The van der Waals surface area contributed by atoms with Crippen LogP contribution in [0.25, 0.3) is 11.3 Å². The van der Waals surface area contributed by atoms with Crippen molar-refractivity contribution in [2.24, 2.45) is 0 Å². The van der Waals surface area contributed by atoms with Gasteiger partial charge in [0.1, 0.15) is 17.1 Å². The first-order valence-corrected chi connectivity index (χ1v) is 11.6. The normalized spacial score (nSPS) is 14.6. The van der Waals surface area contributed by atoms with Gasteiger partial charge in [0.2, 0.25) is 5.75 Å². The van der Waals surface area contributed by atoms with Crippen molar-refractivity contribution in [3.63, 3.8) is 0 Å². The molecule has 4 aromatic rings. The van der Waals surface area contributed by atoms with Crippen LogP contribution in [0.1, 0.15) is 33.2 Å². The summed E-state index contributed by atoms with van der Waals surface area (Å²) in [5, 5.41) is 18.5. The number of hydrogen-bond donors (Lipinski definition) is 2. The molecule has 1 aliphatic rings. The highest BCUT2D eigenvalue weighted by atomic mass is 35.5. The van der Waals surface area contributed by atoms with Crippen LogP contribution in [0.15, 0.2) is 60.7 Å². The molecule has 5 rings (SSSR count). The van der Waals surface area contributed by atoms with E-state index in [4.69, 9.17) is 25.8 Å². The zero-order valence-electron chi connectivity index (χ0n) is 19.9. The first-order chi connectivity index (χ1) is 17.5. The van der Waals surface area contributed by atoms with Crippen molar-refractivity contribution in [2.75, 3.05) is 21.3 Å². The van der Waals surface area contributed by atoms with Crippen molar-refractivity contribution in [3.05, 3.63) is 88.1 Å². The number of halogens is 1. The van der Waals surface area contributed by atoms with Crippen LogP contribution in [0.5, 0.6) is 23.0 Å². The van der Waals surface area contributed by atoms with Crippen LogP contribution in [-0.4, -0.2) is 47.4 Å². The molecule has 1 unspecified atom stereocenters. The third kappa shape index (κ3) is 3.89. The van der Waals surface area contributed by atoms with Gasteiger partial charge in [-0.05, 0) is 47.5 Å². The molecular weight excluding hydrogens is 482 g/mol. The number of nitrogens with zero attached hydrogens (tertiary/aromatic N) is 2. The maximum absolute atomic E-state index is 13.7. The third-order valence-electron chi connectivity index (χ3n) is 6.29. The highest BCUT2D eigenvalue weighted by molar-refractivity contribution is 6.30. The molecule has 2 N–H and O–H groups in total. The van der Waals surface area contributed by atoms with Crippen LogP contribution >= 0.6 is 11.6 Å². The van der Waals surface area contributed by atoms with Gasteiger partial charge in [-0.3, -0.25) is 9.89 Å². The summed E-state index contributed by atoms with van der Waals surface area (Å²) in [6.07, 6.45) is 0. The Morgan fingerprint density at radius 2 is 1.67 bits per heavy atom. The molecule has 8 nitrogen and oxygen atoms in total. The number of para-hydroxylation sites is 1. The van der Waals surface area contributed by atoms with Crippen molar-refractivity contribution < 1.29 is 24.1 Å². The molecule has 9 heteroatoms. The van der Waals surface area contributed by atoms with E-state index in [-0.39, 0.29) is 11.7 Å². The average molecular weight is 506 g/mol. The largest absolute Gasteiger partial charge is 0.507 e. The van der Waals surface area contributed by atoms with Gasteiger partial charge < -0.3 is 24.2 Å². The quantitative estimate of drug-likeness (QED) is 0.358. The number of amides is 1. The van der Waals surface area contributed by atoms with Gasteiger partial charge in [-0.25, -0.2) is 0 Å². The molecule has 1 amide bonds. The predicted molar refractivity (Wildman–Crippen MR) is 135 cm³/mol. The molecule has 1 aliphatic heterocycles. The van der Waals surface area contributed by atoms with Gasteiger partial charge in [0.15, 0.2) is 11.5 Å². The number of hydrogen-bond acceptors (Lipinski definition) is 6. The Hall–Kier alpha value is -4.17. The standard InChI is InChI=1S/C27H24ClN3O5/c1-34-20-12-16(13-21(35-2)26(20)36-3)25-22-23(18-6-4-5-7-19(18)32)29-30-24(22)27(33)31(25)14-15-8-10-17(28)11-9-15/h4-13,25,32H,14H2,1-3H3,(H,29,30). The number of ether oxygens (including phenoxy) is 3. The first-order valence-electron chi connectivity index (χ1n) is 11.2. The first kappa shape index (κ1) is 23.6. The molecular formula is C27H24ClN3O5. The smallest absolute Gasteiger partial charge is 0.273 e. The molecule has 184 valence electrons. The van der Waals surface area contributed by atoms with Gasteiger partial charge in [-0.1, -0.05) is 35.9 Å². The highest BCUT2D eigenvalue weighted by Crippen LogP contribution is 2.48. The zero-order valence-corrected chi connectivity index (χ0v) is 20.7. The molecule has 0 spiro atoms. The van der Waals surface area contributed by atoms with Crippen molar-refractivity contribution in [1.29, 1.82) is 0 Å². The Morgan fingerprint density at radius 1 is 1.00 bits per heavy atom. The SMILES string of the molecule is COc1cc(C2c3c(-c4ccccc4O)n[nH]c3C(=O)N2Cc2ccc(Cl)cc2)cc(OC)c1OC. The van der Waals surface area contributed by atoms with Crippen LogP contribution in [0.4, 0.5) is 0 Å². The number of phenols is 1. The number of aromatic nitrogens is 2. The molecule has 1 aromatic heterocycles. The van der Waals surface area contributed by atoms with E-state index in [1.807, 2.05) is 30.3 Å². The molecule has 0 bridgehead atoms. The Morgan fingerprint density at radius 3 is 2.28 bits per heavy atom. The zero-order chi connectivity index (χ0) is 25.4. The maximum Gasteiger partial charge on any atom is 0.273 e. The van der Waals surface area contributed by atoms with E-state index >= 15 is 0 Å². The molecule has 0 aliphatic carbocycles. The molecule has 0 radical (unpaired) electrons. The van der Waals surface area contributed by atoms with E-state index in [0.29, 0.717) is 51.3 Å². The molecule has 1 atom stereocenters. The number of methoxy groups -OCH3 is 3. The number of benzene rings is 3. The molecule has 3 aromatic carbocycles. The minimum Gasteiger partial charge on any atom is -0.507 e. The van der Waals surface area contributed by atoms with Gasteiger partial charge in [0.05, 0.1) is 27.4 Å². The van der Waals surface area contributed by atoms with Crippen molar-refractivity contribution in [3.8, 4) is 34.3 Å². The lowest BCUT2D eigenvalue weighted by Gasteiger charge is -2.27. The fourth-order valence-corrected chi connectivity index (χ4v) is 4.76. The van der Waals surface area contributed by atoms with Gasteiger partial charge in [-0.2, -0.15) is 5.10 Å². The van der Waals surface area contributed by atoms with Crippen LogP contribution in [0.3, 0.4) is 0 Å². The maximum atomic E-state index is 13.7. The molecule has 2 heterocycles. The second kappa shape index (κ2) is 9.47. The van der Waals surface area contributed by atoms with Crippen LogP contribution in [0.2, 0.25) is 5.02 Å². The number of nitrogens with one attached hydrogen (secondary N) is 1. The Balaban J connectivity index is 1.71. The summed E-state index contributed by atoms with van der Waals surface area (Å²) in [5.74, 6) is 1.23. The minimum absolute atomic E-state index is 0.0686. The lowest BCUT2D eigenvalue weighted by atomic mass is 9.95. The van der Waals surface area contributed by atoms with E-state index < -0.39 is 6.04 Å². The summed E-state index contributed by atoms with van der Waals surface area (Å²) >= 11 is 6.08. The third-order valence-corrected chi connectivity index (χ3v) is 6.54. The van der Waals surface area contributed by atoms with E-state index in [2.05, 4.69) is 10.2 Å². The van der Waals surface area contributed by atoms with Crippen LogP contribution in [-0.2, 0) is 6.54 Å². The van der Waals surface area contributed by atoms with Gasteiger partial charge in [0, 0.05) is 22.7 Å². The van der Waals surface area contributed by atoms with Crippen LogP contribution < -0.4 is 14.2 Å². The summed E-state index contributed by atoms with van der Waals surface area (Å²) in [5.41, 5.74) is 3.68. The number of aromatic amines is 1. The summed E-state index contributed by atoms with van der Waals surface area (Å²) in [4.78, 5) is 15.4. The lowest BCUT2D eigenvalue weighted by molar-refractivity contribution is 0.0729. The van der Waals surface area contributed by atoms with Crippen molar-refractivity contribution >= 4 is 17.5 Å². The number of carbonyl (C=O) groups excluding carboxylic acids is 1. The lowest BCUT2D eigenvalue weighted by Crippen LogP contribution is -2.29. The number of carbonyl (C=O) groups is 1. The van der Waals surface area contributed by atoms with Crippen LogP contribution in [0, 0.1) is 0 Å². The number of fused-ring (bicyclic) bond motifs is 1. The summed E-state index contributed by atoms with van der Waals surface area (Å²) in [6, 6.07) is 17.4. The van der Waals surface area contributed by atoms with Crippen molar-refractivity contribution in [1.82, 2.24) is 15.1 Å². The Kier molecular flexibility index (Phi) is 6.20. The molecule has 0 saturated carbocycles. The number of H-pyrrole nitrogens is 1. The van der Waals surface area contributed by atoms with E-state index in [9.17, 15) is 9.90 Å². The molecule has 0 fully saturated rings. The Labute approximate surface area is 213 Å². The molecule has 0 saturated heterocycles. The number of aromatic hydroxyl groups is 1. The van der Waals surface area contributed by atoms with Gasteiger partial charge in [-0.15, -0.1) is 0 Å². The van der Waals surface area contributed by atoms with Gasteiger partial charge >= 0.3 is 0 Å². The summed E-state index contributed by atoms with van der Waals surface area (Å²) in [7, 11) is 4.63. The number of rotatable bonds is 7. The number of phenolic OH excluding ortho intramolecular Hbond substituents is 1. The van der Waals surface area contributed by atoms with E-state index in [0.717, 1.165) is 11.1 Å². The summed E-state index contributed by atoms with van der Waals surface area (Å²) < 4.78 is 16.7. The topological polar surface area (TPSA) is 96.9 Å². The second-order valence-corrected chi connectivity index (χ2v) is 8.74. The van der Waals surface area contributed by atoms with Crippen molar-refractivity contribution in [2.45, 2.75) is 12.6 Å². The predicted octanol–water partition coefficient (Wildman–Crippen LogP) is 5.21. The fraction of sp³-hybridized carbons (Fsp3) is 0.185. The molecule has 36 heavy (non-hydrogen) atoms. The van der Waals surface area contributed by atoms with Gasteiger partial charge in [0.25, 0.3) is 5.91 Å².